The second kappa shape index (κ2) is 12.3. The minimum atomic E-state index is -0.589. The van der Waals surface area contributed by atoms with Gasteiger partial charge in [0, 0.05) is 34.5 Å². The Kier molecular flexibility index (Phi) is 8.62. The second-order valence-corrected chi connectivity index (χ2v) is 8.93. The van der Waals surface area contributed by atoms with Crippen molar-refractivity contribution in [2.75, 3.05) is 0 Å². The van der Waals surface area contributed by atoms with E-state index < -0.39 is 5.95 Å². The van der Waals surface area contributed by atoms with E-state index in [4.69, 9.17) is 9.15 Å². The monoisotopic (exact) mass is 519 g/mol. The van der Waals surface area contributed by atoms with Crippen LogP contribution < -0.4 is 14.8 Å². The number of thioether (sulfide) groups is 1. The number of hydrogen-bond donors (Lipinski definition) is 2. The van der Waals surface area contributed by atoms with Crippen LogP contribution in [0.3, 0.4) is 0 Å². The summed E-state index contributed by atoms with van der Waals surface area (Å²) >= 11 is 3.05. The van der Waals surface area contributed by atoms with E-state index in [-0.39, 0.29) is 5.50 Å². The molecule has 5 rings (SSSR count). The molecule has 0 saturated carbocycles. The molecule has 3 aromatic heterocycles. The van der Waals surface area contributed by atoms with E-state index in [9.17, 15) is 9.65 Å². The maximum Gasteiger partial charge on any atom is 0.213 e. The summed E-state index contributed by atoms with van der Waals surface area (Å²) in [6.45, 7) is 4.00. The molecule has 0 bridgehead atoms. The number of halogens is 1. The molecule has 2 N–H and O–H groups in total. The summed E-state index contributed by atoms with van der Waals surface area (Å²) in [5, 5.41) is 14.8. The van der Waals surface area contributed by atoms with Gasteiger partial charge in [-0.25, -0.2) is 14.7 Å². The molecule has 0 amide bonds. The lowest BCUT2D eigenvalue weighted by Gasteiger charge is -2.14. The van der Waals surface area contributed by atoms with Gasteiger partial charge in [0.25, 0.3) is 0 Å². The summed E-state index contributed by atoms with van der Waals surface area (Å²) in [4.78, 5) is 9.15. The molecule has 4 aromatic rings. The number of nitrogens with zero attached hydrogens (tertiary/aromatic N) is 3. The highest BCUT2D eigenvalue weighted by Gasteiger charge is 2.16. The third kappa shape index (κ3) is 6.07. The molecule has 7 nitrogen and oxygen atoms in total. The molecule has 1 atom stereocenters. The lowest BCUT2D eigenvalue weighted by atomic mass is 10.1. The van der Waals surface area contributed by atoms with Gasteiger partial charge in [-0.05, 0) is 59.8 Å². The van der Waals surface area contributed by atoms with Crippen molar-refractivity contribution in [3.63, 3.8) is 0 Å². The van der Waals surface area contributed by atoms with Crippen LogP contribution in [0.2, 0.25) is 0 Å². The van der Waals surface area contributed by atoms with Crippen LogP contribution >= 0.6 is 23.7 Å². The molecule has 0 aliphatic carbocycles. The Labute approximate surface area is 216 Å². The van der Waals surface area contributed by atoms with E-state index in [2.05, 4.69) is 26.1 Å². The molecular formula is C26H22FN5O2S2. The van der Waals surface area contributed by atoms with Crippen molar-refractivity contribution < 1.29 is 13.5 Å². The van der Waals surface area contributed by atoms with E-state index in [1.54, 1.807) is 54.4 Å². The van der Waals surface area contributed by atoms with Crippen LogP contribution in [0.15, 0.2) is 88.2 Å². The largest absolute Gasteiger partial charge is 0.472 e. The molecule has 182 valence electrons. The normalized spacial score (nSPS) is 13.9. The van der Waals surface area contributed by atoms with Gasteiger partial charge >= 0.3 is 0 Å². The number of nitrogens with one attached hydrogen (secondary N) is 2. The highest BCUT2D eigenvalue weighted by Crippen LogP contribution is 2.36. The highest BCUT2D eigenvalue weighted by atomic mass is 32.2. The summed E-state index contributed by atoms with van der Waals surface area (Å²) in [5.74, 6) is 0.248. The molecule has 1 unspecified atom stereocenters. The zero-order chi connectivity index (χ0) is 25.3. The average Bonchev–Trinajstić information content (AvgIpc) is 3.64. The van der Waals surface area contributed by atoms with E-state index in [0.29, 0.717) is 39.6 Å². The number of nitriles is 1. The third-order valence-corrected chi connectivity index (χ3v) is 6.59. The molecule has 1 aliphatic heterocycles. The Hall–Kier alpha value is -3.78. The minimum absolute atomic E-state index is 0.0717. The number of benzene rings is 1. The first-order valence-electron chi connectivity index (χ1n) is 11.1. The fourth-order valence-corrected chi connectivity index (χ4v) is 4.65. The number of pyridine rings is 2. The van der Waals surface area contributed by atoms with Crippen LogP contribution in [-0.2, 0) is 0 Å². The van der Waals surface area contributed by atoms with Crippen LogP contribution in [0.4, 0.5) is 4.39 Å². The molecule has 0 radical (unpaired) electrons. The van der Waals surface area contributed by atoms with Crippen molar-refractivity contribution in [2.24, 2.45) is 0 Å². The van der Waals surface area contributed by atoms with Crippen LogP contribution in [0.5, 0.6) is 11.5 Å². The Morgan fingerprint density at radius 1 is 1.14 bits per heavy atom. The second-order valence-electron chi connectivity index (χ2n) is 7.00. The van der Waals surface area contributed by atoms with E-state index in [0.717, 1.165) is 4.90 Å². The number of hydrogen-bond acceptors (Lipinski definition) is 9. The Bertz CT molecular complexity index is 1380. The lowest BCUT2D eigenvalue weighted by molar-refractivity contribution is 0.480. The fraction of sp³-hybridized carbons (Fsp3) is 0.115. The first-order valence-corrected chi connectivity index (χ1v) is 12.8. The van der Waals surface area contributed by atoms with Crippen molar-refractivity contribution in [2.45, 2.75) is 24.2 Å². The molecule has 0 fully saturated rings. The van der Waals surface area contributed by atoms with Crippen LogP contribution in [0, 0.1) is 17.3 Å². The quantitative estimate of drug-likeness (QED) is 0.199. The van der Waals surface area contributed by atoms with Gasteiger partial charge in [-0.3, -0.25) is 0 Å². The molecule has 0 spiro atoms. The summed E-state index contributed by atoms with van der Waals surface area (Å²) in [7, 11) is 0. The maximum absolute atomic E-state index is 13.6. The summed E-state index contributed by atoms with van der Waals surface area (Å²) in [6, 6.07) is 15.8. The van der Waals surface area contributed by atoms with E-state index in [1.165, 1.54) is 30.5 Å². The van der Waals surface area contributed by atoms with Crippen molar-refractivity contribution in [1.82, 2.24) is 20.0 Å². The predicted molar refractivity (Wildman–Crippen MR) is 140 cm³/mol. The number of rotatable bonds is 7. The van der Waals surface area contributed by atoms with Crippen molar-refractivity contribution in [3.05, 3.63) is 90.4 Å². The highest BCUT2D eigenvalue weighted by molar-refractivity contribution is 8.04. The molecule has 4 heterocycles. The minimum Gasteiger partial charge on any atom is -0.472 e. The van der Waals surface area contributed by atoms with E-state index >= 15 is 0 Å². The topological polar surface area (TPSA) is 96.0 Å². The summed E-state index contributed by atoms with van der Waals surface area (Å²) in [6.07, 6.45) is 6.35. The number of furan rings is 1. The fourth-order valence-electron chi connectivity index (χ4n) is 3.19. The smallest absolute Gasteiger partial charge is 0.213 e. The SMILES string of the molecule is CC.N#Cc1cc(SNC2NC=CS2)ccc1Oc1ccc(-c2ccnc(F)c2)nc1-c1ccoc1. The van der Waals surface area contributed by atoms with E-state index in [1.807, 2.05) is 31.5 Å². The van der Waals surface area contributed by atoms with Gasteiger partial charge in [-0.1, -0.05) is 25.6 Å². The standard InChI is InChI=1S/C24H16FN5O2S2.C2H6/c25-22-12-15(5-7-27-22)19-2-4-21(23(29-19)16-6-9-31-14-16)32-20-3-1-18(11-17(20)13-26)34-30-24-28-8-10-33-24;1-2/h1-12,14,24,28,30H;1-2H3. The summed E-state index contributed by atoms with van der Waals surface area (Å²) < 4.78 is 28.3. The van der Waals surface area contributed by atoms with Gasteiger partial charge in [-0.15, -0.1) is 0 Å². The Balaban J connectivity index is 0.00000148. The van der Waals surface area contributed by atoms with Gasteiger partial charge in [0.2, 0.25) is 5.95 Å². The molecule has 1 aromatic carbocycles. The van der Waals surface area contributed by atoms with Crippen molar-refractivity contribution in [3.8, 4) is 40.1 Å². The molecule has 1 aliphatic rings. The Morgan fingerprint density at radius 2 is 2.00 bits per heavy atom. The van der Waals surface area contributed by atoms with Gasteiger partial charge in [-0.2, -0.15) is 9.65 Å². The van der Waals surface area contributed by atoms with Gasteiger partial charge < -0.3 is 14.5 Å². The van der Waals surface area contributed by atoms with Crippen molar-refractivity contribution in [1.29, 1.82) is 5.26 Å². The van der Waals surface area contributed by atoms with Gasteiger partial charge in [0.1, 0.15) is 23.0 Å². The van der Waals surface area contributed by atoms with Gasteiger partial charge in [0.15, 0.2) is 5.75 Å². The average molecular weight is 520 g/mol. The van der Waals surface area contributed by atoms with Crippen LogP contribution in [-0.4, -0.2) is 15.5 Å². The lowest BCUT2D eigenvalue weighted by Crippen LogP contribution is -2.28. The molecule has 36 heavy (non-hydrogen) atoms. The zero-order valence-corrected chi connectivity index (χ0v) is 21.1. The van der Waals surface area contributed by atoms with Crippen LogP contribution in [0.25, 0.3) is 22.5 Å². The predicted octanol–water partition coefficient (Wildman–Crippen LogP) is 6.92. The molecule has 10 heteroatoms. The van der Waals surface area contributed by atoms with Crippen LogP contribution in [0.1, 0.15) is 19.4 Å². The van der Waals surface area contributed by atoms with Crippen molar-refractivity contribution >= 4 is 23.7 Å². The third-order valence-electron chi connectivity index (χ3n) is 4.78. The molecule has 0 saturated heterocycles. The summed E-state index contributed by atoms with van der Waals surface area (Å²) in [5.41, 5.74) is 2.79. The number of ether oxygens (including phenoxy) is 1. The number of aromatic nitrogens is 2. The zero-order valence-electron chi connectivity index (χ0n) is 19.4. The maximum atomic E-state index is 13.6. The first kappa shape index (κ1) is 25.3. The van der Waals surface area contributed by atoms with Gasteiger partial charge in [0.05, 0.1) is 23.8 Å². The Morgan fingerprint density at radius 3 is 2.72 bits per heavy atom. The first-order chi connectivity index (χ1) is 17.7. The molecular weight excluding hydrogens is 497 g/mol.